The number of methoxy groups -OCH3 is 1. The average molecular weight is 440 g/mol. The summed E-state index contributed by atoms with van der Waals surface area (Å²) < 4.78 is 61.0. The molecular weight excluding hydrogens is 418 g/mol. The van der Waals surface area contributed by atoms with Gasteiger partial charge in [-0.2, -0.15) is 13.1 Å². The Morgan fingerprint density at radius 3 is 2.33 bits per heavy atom. The number of amides is 1. The van der Waals surface area contributed by atoms with Crippen molar-refractivity contribution >= 4 is 21.6 Å². The fourth-order valence-electron chi connectivity index (χ4n) is 3.29. The molecule has 1 heterocycles. The second-order valence-corrected chi connectivity index (χ2v) is 8.63. The molecule has 0 saturated carbocycles. The van der Waals surface area contributed by atoms with E-state index < -0.39 is 16.6 Å². The van der Waals surface area contributed by atoms with Gasteiger partial charge in [-0.25, -0.2) is 8.42 Å². The minimum atomic E-state index is -3.73. The van der Waals surface area contributed by atoms with Crippen LogP contribution in [0.5, 0.6) is 11.5 Å². The predicted molar refractivity (Wildman–Crippen MR) is 106 cm³/mol. The molecule has 1 N–H and O–H groups in total. The third-order valence-electron chi connectivity index (χ3n) is 4.86. The number of anilines is 1. The summed E-state index contributed by atoms with van der Waals surface area (Å²) in [7, 11) is -2.31. The topological polar surface area (TPSA) is 84.9 Å². The van der Waals surface area contributed by atoms with E-state index in [2.05, 4.69) is 10.1 Å². The lowest BCUT2D eigenvalue weighted by molar-refractivity contribution is -0.120. The van der Waals surface area contributed by atoms with Crippen LogP contribution in [0.15, 0.2) is 53.4 Å². The lowest BCUT2D eigenvalue weighted by Gasteiger charge is -2.30. The Bertz CT molecular complexity index is 975. The first-order valence-corrected chi connectivity index (χ1v) is 10.7. The number of carbonyl (C=O) groups excluding carboxylic acids is 1. The Labute approximate surface area is 173 Å². The third-order valence-corrected chi connectivity index (χ3v) is 6.80. The Hall–Kier alpha value is -2.72. The minimum absolute atomic E-state index is 0.00199. The summed E-state index contributed by atoms with van der Waals surface area (Å²) in [6.45, 7) is -2.50. The van der Waals surface area contributed by atoms with Gasteiger partial charge in [-0.3, -0.25) is 4.79 Å². The summed E-state index contributed by atoms with van der Waals surface area (Å²) in [5.41, 5.74) is 0.450. The maximum Gasteiger partial charge on any atom is 0.387 e. The first kappa shape index (κ1) is 22.0. The second kappa shape index (κ2) is 9.40. The van der Waals surface area contributed by atoms with Gasteiger partial charge in [0, 0.05) is 24.7 Å². The molecule has 1 aliphatic rings. The van der Waals surface area contributed by atoms with Gasteiger partial charge < -0.3 is 14.8 Å². The molecule has 1 saturated heterocycles. The van der Waals surface area contributed by atoms with Crippen LogP contribution >= 0.6 is 0 Å². The van der Waals surface area contributed by atoms with Gasteiger partial charge >= 0.3 is 6.61 Å². The van der Waals surface area contributed by atoms with Gasteiger partial charge in [-0.15, -0.1) is 0 Å². The number of sulfonamides is 1. The third kappa shape index (κ3) is 5.06. The number of ether oxygens (including phenoxy) is 2. The molecular formula is C20H22F2N2O5S. The highest BCUT2D eigenvalue weighted by molar-refractivity contribution is 7.89. The number of carbonyl (C=O) groups is 1. The maximum atomic E-state index is 12.9. The summed E-state index contributed by atoms with van der Waals surface area (Å²) in [5, 5.41) is 2.73. The van der Waals surface area contributed by atoms with Crippen LogP contribution in [-0.2, 0) is 14.8 Å². The monoisotopic (exact) mass is 440 g/mol. The van der Waals surface area contributed by atoms with E-state index in [1.165, 1.54) is 41.7 Å². The van der Waals surface area contributed by atoms with Crippen molar-refractivity contribution < 1.29 is 31.5 Å². The first-order valence-electron chi connectivity index (χ1n) is 9.30. The molecule has 0 radical (unpaired) electrons. The number of hydrogen-bond donors (Lipinski definition) is 1. The highest BCUT2D eigenvalue weighted by atomic mass is 32.2. The molecule has 1 fully saturated rings. The van der Waals surface area contributed by atoms with E-state index in [-0.39, 0.29) is 41.3 Å². The highest BCUT2D eigenvalue weighted by Crippen LogP contribution is 2.30. The van der Waals surface area contributed by atoms with Gasteiger partial charge in [0.15, 0.2) is 0 Å². The van der Waals surface area contributed by atoms with E-state index in [4.69, 9.17) is 4.74 Å². The van der Waals surface area contributed by atoms with Crippen molar-refractivity contribution in [2.75, 3.05) is 25.5 Å². The van der Waals surface area contributed by atoms with E-state index in [9.17, 15) is 22.0 Å². The average Bonchev–Trinajstić information content (AvgIpc) is 2.74. The number of alkyl halides is 2. The number of rotatable bonds is 7. The van der Waals surface area contributed by atoms with Crippen molar-refractivity contribution in [3.63, 3.8) is 0 Å². The van der Waals surface area contributed by atoms with E-state index in [0.717, 1.165) is 0 Å². The van der Waals surface area contributed by atoms with E-state index >= 15 is 0 Å². The molecule has 0 spiro atoms. The molecule has 2 aromatic rings. The molecule has 162 valence electrons. The minimum Gasteiger partial charge on any atom is -0.495 e. The van der Waals surface area contributed by atoms with Crippen molar-refractivity contribution in [3.8, 4) is 11.5 Å². The smallest absolute Gasteiger partial charge is 0.387 e. The molecule has 0 atom stereocenters. The number of piperidine rings is 1. The molecule has 0 aromatic heterocycles. The molecule has 3 rings (SSSR count). The maximum absolute atomic E-state index is 12.9. The SMILES string of the molecule is COc1ccccc1S(=O)(=O)N1CCC(C(=O)Nc2ccc(OC(F)F)cc2)CC1. The quantitative estimate of drug-likeness (QED) is 0.714. The number of para-hydroxylation sites is 1. The number of halogens is 2. The lowest BCUT2D eigenvalue weighted by atomic mass is 9.97. The van der Waals surface area contributed by atoms with Crippen molar-refractivity contribution in [3.05, 3.63) is 48.5 Å². The zero-order valence-electron chi connectivity index (χ0n) is 16.3. The normalized spacial score (nSPS) is 15.7. The Morgan fingerprint density at radius 1 is 1.10 bits per heavy atom. The van der Waals surface area contributed by atoms with Crippen LogP contribution in [0.3, 0.4) is 0 Å². The Morgan fingerprint density at radius 2 is 1.73 bits per heavy atom. The largest absolute Gasteiger partial charge is 0.495 e. The summed E-state index contributed by atoms with van der Waals surface area (Å²) in [6.07, 6.45) is 0.736. The van der Waals surface area contributed by atoms with Gasteiger partial charge in [0.1, 0.15) is 16.4 Å². The first-order chi connectivity index (χ1) is 14.3. The zero-order valence-corrected chi connectivity index (χ0v) is 17.1. The molecule has 0 aliphatic carbocycles. The fraction of sp³-hybridized carbons (Fsp3) is 0.350. The van der Waals surface area contributed by atoms with Gasteiger partial charge in [-0.05, 0) is 49.2 Å². The van der Waals surface area contributed by atoms with Crippen LogP contribution in [0.4, 0.5) is 14.5 Å². The van der Waals surface area contributed by atoms with Crippen LogP contribution in [0.25, 0.3) is 0 Å². The number of nitrogens with one attached hydrogen (secondary N) is 1. The molecule has 1 amide bonds. The second-order valence-electron chi connectivity index (χ2n) is 6.72. The van der Waals surface area contributed by atoms with Crippen LogP contribution in [0, 0.1) is 5.92 Å². The van der Waals surface area contributed by atoms with Crippen LogP contribution in [-0.4, -0.2) is 45.4 Å². The fourth-order valence-corrected chi connectivity index (χ4v) is 4.92. The highest BCUT2D eigenvalue weighted by Gasteiger charge is 2.33. The summed E-state index contributed by atoms with van der Waals surface area (Å²) >= 11 is 0. The Balaban J connectivity index is 1.59. The predicted octanol–water partition coefficient (Wildman–Crippen LogP) is 3.34. The van der Waals surface area contributed by atoms with E-state index in [0.29, 0.717) is 18.5 Å². The van der Waals surface area contributed by atoms with Crippen molar-refractivity contribution in [1.82, 2.24) is 4.31 Å². The molecule has 7 nitrogen and oxygen atoms in total. The number of benzene rings is 2. The van der Waals surface area contributed by atoms with Crippen molar-refractivity contribution in [2.24, 2.45) is 5.92 Å². The summed E-state index contributed by atoms with van der Waals surface area (Å²) in [4.78, 5) is 12.6. The molecule has 30 heavy (non-hydrogen) atoms. The molecule has 0 bridgehead atoms. The van der Waals surface area contributed by atoms with Crippen molar-refractivity contribution in [1.29, 1.82) is 0 Å². The molecule has 2 aromatic carbocycles. The summed E-state index contributed by atoms with van der Waals surface area (Å²) in [5.74, 6) is -0.326. The zero-order chi connectivity index (χ0) is 21.7. The van der Waals surface area contributed by atoms with Gasteiger partial charge in [0.05, 0.1) is 7.11 Å². The van der Waals surface area contributed by atoms with Gasteiger partial charge in [-0.1, -0.05) is 12.1 Å². The molecule has 0 unspecified atom stereocenters. The van der Waals surface area contributed by atoms with Gasteiger partial charge in [0.25, 0.3) is 0 Å². The van der Waals surface area contributed by atoms with Crippen molar-refractivity contribution in [2.45, 2.75) is 24.3 Å². The molecule has 10 heteroatoms. The molecule has 1 aliphatic heterocycles. The summed E-state index contributed by atoms with van der Waals surface area (Å²) in [6, 6.07) is 12.0. The standard InChI is InChI=1S/C20H22F2N2O5S/c1-28-17-4-2-3-5-18(17)30(26,27)24-12-10-14(11-13-24)19(25)23-15-6-8-16(9-7-15)29-20(21)22/h2-9,14,20H,10-13H2,1H3,(H,23,25). The number of nitrogens with zero attached hydrogens (tertiary/aromatic N) is 1. The van der Waals surface area contributed by atoms with Crippen LogP contribution < -0.4 is 14.8 Å². The van der Waals surface area contributed by atoms with Gasteiger partial charge in [0.2, 0.25) is 15.9 Å². The van der Waals surface area contributed by atoms with Crippen LogP contribution in [0.1, 0.15) is 12.8 Å². The van der Waals surface area contributed by atoms with Crippen LogP contribution in [0.2, 0.25) is 0 Å². The van der Waals surface area contributed by atoms with E-state index in [1.54, 1.807) is 18.2 Å². The lowest BCUT2D eigenvalue weighted by Crippen LogP contribution is -2.41. The Kier molecular flexibility index (Phi) is 6.88. The van der Waals surface area contributed by atoms with E-state index in [1.807, 2.05) is 0 Å². The number of hydrogen-bond acceptors (Lipinski definition) is 5.